The molecule has 0 aliphatic heterocycles. The Balaban J connectivity index is 3.61. The molecule has 0 aliphatic rings. The number of hydrogen-bond donors (Lipinski definition) is 0. The smallest absolute Gasteiger partial charge is 0.222 e. The zero-order chi connectivity index (χ0) is 8.69. The highest BCUT2D eigenvalue weighted by atomic mass is 16.2. The van der Waals surface area contributed by atoms with E-state index < -0.39 is 0 Å². The molecule has 65 valence electrons. The molecular formula is C9H18NO. The third-order valence-electron chi connectivity index (χ3n) is 1.76. The van der Waals surface area contributed by atoms with Crippen molar-refractivity contribution in [1.82, 2.24) is 4.90 Å². The topological polar surface area (TPSA) is 20.3 Å². The number of carbonyl (C=O) groups is 1. The second kappa shape index (κ2) is 6.20. The molecule has 0 aliphatic carbocycles. The first kappa shape index (κ1) is 10.5. The fourth-order valence-electron chi connectivity index (χ4n) is 1.01. The van der Waals surface area contributed by atoms with Gasteiger partial charge < -0.3 is 4.90 Å². The highest BCUT2D eigenvalue weighted by Gasteiger charge is 2.06. The maximum absolute atomic E-state index is 11.3. The molecule has 0 aromatic carbocycles. The summed E-state index contributed by atoms with van der Waals surface area (Å²) in [6.45, 7) is 9.36. The molecule has 1 amide bonds. The van der Waals surface area contributed by atoms with Gasteiger partial charge >= 0.3 is 0 Å². The minimum Gasteiger partial charge on any atom is -0.343 e. The fraction of sp³-hybridized carbons (Fsp3) is 0.778. The van der Waals surface area contributed by atoms with Crippen LogP contribution in [0.2, 0.25) is 0 Å². The Bertz CT molecular complexity index is 108. The van der Waals surface area contributed by atoms with Crippen LogP contribution in [0.1, 0.15) is 33.1 Å². The van der Waals surface area contributed by atoms with Crippen molar-refractivity contribution in [2.45, 2.75) is 33.1 Å². The Morgan fingerprint density at radius 3 is 2.27 bits per heavy atom. The van der Waals surface area contributed by atoms with Crippen LogP contribution >= 0.6 is 0 Å². The minimum absolute atomic E-state index is 0.263. The van der Waals surface area contributed by atoms with Gasteiger partial charge in [-0.3, -0.25) is 4.79 Å². The van der Waals surface area contributed by atoms with Gasteiger partial charge in [-0.25, -0.2) is 0 Å². The van der Waals surface area contributed by atoms with Gasteiger partial charge in [0.05, 0.1) is 0 Å². The van der Waals surface area contributed by atoms with Gasteiger partial charge in [0.1, 0.15) is 0 Å². The summed E-state index contributed by atoms with van der Waals surface area (Å²) in [5.41, 5.74) is 0. The number of hydrogen-bond acceptors (Lipinski definition) is 1. The summed E-state index contributed by atoms with van der Waals surface area (Å²) in [5.74, 6) is 0.263. The summed E-state index contributed by atoms with van der Waals surface area (Å²) in [5, 5.41) is 0. The fourth-order valence-corrected chi connectivity index (χ4v) is 1.01. The van der Waals surface area contributed by atoms with Crippen LogP contribution in [0, 0.1) is 6.92 Å². The van der Waals surface area contributed by atoms with Gasteiger partial charge in [-0.05, 0) is 20.3 Å². The molecular weight excluding hydrogens is 138 g/mol. The van der Waals surface area contributed by atoms with Gasteiger partial charge in [0, 0.05) is 19.5 Å². The van der Waals surface area contributed by atoms with Crippen LogP contribution in [0.5, 0.6) is 0 Å². The molecule has 0 spiro atoms. The average molecular weight is 156 g/mol. The first-order valence-corrected chi connectivity index (χ1v) is 4.33. The van der Waals surface area contributed by atoms with Crippen LogP contribution in [-0.4, -0.2) is 23.9 Å². The lowest BCUT2D eigenvalue weighted by Gasteiger charge is -2.17. The summed E-state index contributed by atoms with van der Waals surface area (Å²) in [6, 6.07) is 0. The molecule has 2 heteroatoms. The Kier molecular flexibility index (Phi) is 5.90. The van der Waals surface area contributed by atoms with Crippen molar-refractivity contribution in [2.24, 2.45) is 0 Å². The second-order valence-electron chi connectivity index (χ2n) is 2.52. The number of unbranched alkanes of at least 4 members (excludes halogenated alkanes) is 1. The Morgan fingerprint density at radius 1 is 1.36 bits per heavy atom. The van der Waals surface area contributed by atoms with E-state index in [1.165, 1.54) is 0 Å². The SMILES string of the molecule is [CH2]CCCC(=O)N(CC)CC. The van der Waals surface area contributed by atoms with Crippen LogP contribution in [0.15, 0.2) is 0 Å². The van der Waals surface area contributed by atoms with Crippen molar-refractivity contribution in [3.05, 3.63) is 6.92 Å². The lowest BCUT2D eigenvalue weighted by molar-refractivity contribution is -0.130. The van der Waals surface area contributed by atoms with Gasteiger partial charge in [-0.2, -0.15) is 0 Å². The molecule has 0 rings (SSSR count). The van der Waals surface area contributed by atoms with Crippen molar-refractivity contribution < 1.29 is 4.79 Å². The molecule has 2 nitrogen and oxygen atoms in total. The van der Waals surface area contributed by atoms with Gasteiger partial charge in [-0.15, -0.1) is 0 Å². The van der Waals surface area contributed by atoms with Crippen molar-refractivity contribution in [1.29, 1.82) is 0 Å². The summed E-state index contributed by atoms with van der Waals surface area (Å²) in [7, 11) is 0. The van der Waals surface area contributed by atoms with Crippen molar-refractivity contribution in [3.8, 4) is 0 Å². The zero-order valence-corrected chi connectivity index (χ0v) is 7.60. The lowest BCUT2D eigenvalue weighted by Crippen LogP contribution is -2.30. The monoisotopic (exact) mass is 156 g/mol. The van der Waals surface area contributed by atoms with Crippen LogP contribution < -0.4 is 0 Å². The first-order valence-electron chi connectivity index (χ1n) is 4.33. The van der Waals surface area contributed by atoms with E-state index in [0.29, 0.717) is 6.42 Å². The van der Waals surface area contributed by atoms with Crippen molar-refractivity contribution in [3.63, 3.8) is 0 Å². The third-order valence-corrected chi connectivity index (χ3v) is 1.76. The standard InChI is InChI=1S/C9H18NO/c1-4-7-8-9(11)10(5-2)6-3/h1,4-8H2,2-3H3. The van der Waals surface area contributed by atoms with E-state index in [0.717, 1.165) is 25.9 Å². The Labute approximate surface area is 69.6 Å². The predicted octanol–water partition coefficient (Wildman–Crippen LogP) is 1.86. The van der Waals surface area contributed by atoms with E-state index in [4.69, 9.17) is 0 Å². The number of rotatable bonds is 5. The van der Waals surface area contributed by atoms with Crippen LogP contribution in [0.4, 0.5) is 0 Å². The molecule has 0 aromatic heterocycles. The molecule has 1 radical (unpaired) electrons. The zero-order valence-electron chi connectivity index (χ0n) is 7.60. The molecule has 0 saturated heterocycles. The number of nitrogens with zero attached hydrogens (tertiary/aromatic N) is 1. The van der Waals surface area contributed by atoms with Gasteiger partial charge in [-0.1, -0.05) is 13.3 Å². The highest BCUT2D eigenvalue weighted by Crippen LogP contribution is 1.99. The van der Waals surface area contributed by atoms with Gasteiger partial charge in [0.2, 0.25) is 5.91 Å². The van der Waals surface area contributed by atoms with E-state index >= 15 is 0 Å². The van der Waals surface area contributed by atoms with E-state index in [2.05, 4.69) is 6.92 Å². The van der Waals surface area contributed by atoms with Crippen LogP contribution in [0.25, 0.3) is 0 Å². The Hall–Kier alpha value is -0.530. The molecule has 0 fully saturated rings. The normalized spacial score (nSPS) is 9.73. The molecule has 0 heterocycles. The van der Waals surface area contributed by atoms with E-state index in [9.17, 15) is 4.79 Å². The summed E-state index contributed by atoms with van der Waals surface area (Å²) < 4.78 is 0. The molecule has 0 aromatic rings. The molecule has 0 atom stereocenters. The summed E-state index contributed by atoms with van der Waals surface area (Å²) in [4.78, 5) is 13.1. The summed E-state index contributed by atoms with van der Waals surface area (Å²) >= 11 is 0. The molecule has 0 unspecified atom stereocenters. The van der Waals surface area contributed by atoms with E-state index in [-0.39, 0.29) is 5.91 Å². The molecule has 11 heavy (non-hydrogen) atoms. The molecule has 0 bridgehead atoms. The van der Waals surface area contributed by atoms with Crippen molar-refractivity contribution >= 4 is 5.91 Å². The lowest BCUT2D eigenvalue weighted by atomic mass is 10.2. The van der Waals surface area contributed by atoms with E-state index in [1.807, 2.05) is 18.7 Å². The molecule has 0 saturated carbocycles. The maximum atomic E-state index is 11.3. The average Bonchev–Trinajstić information content (AvgIpc) is 2.03. The number of amides is 1. The number of carbonyl (C=O) groups excluding carboxylic acids is 1. The first-order chi connectivity index (χ1) is 5.26. The third kappa shape index (κ3) is 4.02. The summed E-state index contributed by atoms with van der Waals surface area (Å²) in [6.07, 6.45) is 2.42. The quantitative estimate of drug-likeness (QED) is 0.595. The Morgan fingerprint density at radius 2 is 1.91 bits per heavy atom. The van der Waals surface area contributed by atoms with Crippen molar-refractivity contribution in [2.75, 3.05) is 13.1 Å². The maximum Gasteiger partial charge on any atom is 0.222 e. The minimum atomic E-state index is 0.263. The highest BCUT2D eigenvalue weighted by molar-refractivity contribution is 5.75. The van der Waals surface area contributed by atoms with E-state index in [1.54, 1.807) is 0 Å². The van der Waals surface area contributed by atoms with Gasteiger partial charge in [0.15, 0.2) is 0 Å². The predicted molar refractivity (Wildman–Crippen MR) is 47.1 cm³/mol. The van der Waals surface area contributed by atoms with Crippen LogP contribution in [0.3, 0.4) is 0 Å². The van der Waals surface area contributed by atoms with Gasteiger partial charge in [0.25, 0.3) is 0 Å². The second-order valence-corrected chi connectivity index (χ2v) is 2.52. The largest absolute Gasteiger partial charge is 0.343 e. The van der Waals surface area contributed by atoms with Crippen LogP contribution in [-0.2, 0) is 4.79 Å². The molecule has 0 N–H and O–H groups in total.